The predicted octanol–water partition coefficient (Wildman–Crippen LogP) is 5.26. The Morgan fingerprint density at radius 3 is 2.30 bits per heavy atom. The van der Waals surface area contributed by atoms with Gasteiger partial charge in [-0.05, 0) is 30.4 Å². The van der Waals surface area contributed by atoms with Gasteiger partial charge in [0.15, 0.2) is 5.92 Å². The van der Waals surface area contributed by atoms with E-state index in [1.165, 1.54) is 0 Å². The third-order valence-corrected chi connectivity index (χ3v) is 3.38. The highest BCUT2D eigenvalue weighted by Gasteiger charge is 2.55. The summed E-state index contributed by atoms with van der Waals surface area (Å²) < 4.78 is 74.5. The van der Waals surface area contributed by atoms with E-state index in [0.29, 0.717) is 12.0 Å². The minimum atomic E-state index is -5.25. The van der Waals surface area contributed by atoms with Crippen molar-refractivity contribution >= 4 is 0 Å². The Morgan fingerprint density at radius 2 is 1.70 bits per heavy atom. The molecule has 2 rings (SSSR count). The molecule has 0 spiro atoms. The van der Waals surface area contributed by atoms with E-state index < -0.39 is 24.7 Å². The number of fused-ring (bicyclic) bond motifs is 1. The lowest BCUT2D eigenvalue weighted by atomic mass is 9.91. The molecule has 0 nitrogen and oxygen atoms in total. The molecule has 0 atom stereocenters. The van der Waals surface area contributed by atoms with E-state index in [1.807, 2.05) is 12.2 Å². The summed E-state index contributed by atoms with van der Waals surface area (Å²) in [6.07, 6.45) is -2.31. The van der Waals surface area contributed by atoms with E-state index in [1.54, 1.807) is 18.2 Å². The highest BCUT2D eigenvalue weighted by Crippen LogP contribution is 2.43. The maximum absolute atomic E-state index is 12.4. The summed E-state index contributed by atoms with van der Waals surface area (Å²) in [6, 6.07) is 0. The average Bonchev–Trinajstić information content (AvgIpc) is 2.72. The lowest BCUT2D eigenvalue weighted by Gasteiger charge is -2.23. The Kier molecular flexibility index (Phi) is 3.84. The zero-order valence-electron chi connectivity index (χ0n) is 10.4. The molecule has 0 saturated carbocycles. The number of rotatable bonds is 3. The first-order valence-corrected chi connectivity index (χ1v) is 6.09. The van der Waals surface area contributed by atoms with Gasteiger partial charge in [0.1, 0.15) is 0 Å². The quantitative estimate of drug-likeness (QED) is 0.623. The molecule has 6 heteroatoms. The first-order chi connectivity index (χ1) is 9.18. The minimum absolute atomic E-state index is 0.228. The van der Waals surface area contributed by atoms with Gasteiger partial charge in [0, 0.05) is 0 Å². The topological polar surface area (TPSA) is 0 Å². The van der Waals surface area contributed by atoms with Gasteiger partial charge >= 0.3 is 12.4 Å². The highest BCUT2D eigenvalue weighted by molar-refractivity contribution is 5.54. The highest BCUT2D eigenvalue weighted by atomic mass is 19.4. The molecule has 0 bridgehead atoms. The van der Waals surface area contributed by atoms with Crippen LogP contribution < -0.4 is 0 Å². The fourth-order valence-electron chi connectivity index (χ4n) is 2.30. The molecule has 2 aliphatic carbocycles. The second kappa shape index (κ2) is 5.14. The van der Waals surface area contributed by atoms with Crippen molar-refractivity contribution in [1.82, 2.24) is 0 Å². The van der Waals surface area contributed by atoms with Crippen LogP contribution in [0.5, 0.6) is 0 Å². The summed E-state index contributed by atoms with van der Waals surface area (Å²) >= 11 is 0. The van der Waals surface area contributed by atoms with Crippen LogP contribution in [0.15, 0.2) is 47.1 Å². The van der Waals surface area contributed by atoms with Gasteiger partial charge in [-0.25, -0.2) is 0 Å². The summed E-state index contributed by atoms with van der Waals surface area (Å²) in [7, 11) is 0. The monoisotopic (exact) mass is 294 g/mol. The molecular weight excluding hydrogens is 282 g/mol. The molecule has 0 N–H and O–H groups in total. The van der Waals surface area contributed by atoms with Crippen molar-refractivity contribution in [3.63, 3.8) is 0 Å². The van der Waals surface area contributed by atoms with Gasteiger partial charge in [-0.3, -0.25) is 0 Å². The van der Waals surface area contributed by atoms with Crippen molar-refractivity contribution < 1.29 is 26.3 Å². The fourth-order valence-corrected chi connectivity index (χ4v) is 2.30. The van der Waals surface area contributed by atoms with Crippen molar-refractivity contribution in [2.75, 3.05) is 0 Å². The van der Waals surface area contributed by atoms with Crippen molar-refractivity contribution in [2.24, 2.45) is 5.92 Å². The van der Waals surface area contributed by atoms with E-state index in [-0.39, 0.29) is 6.42 Å². The molecule has 0 aromatic rings. The van der Waals surface area contributed by atoms with Crippen LogP contribution in [-0.2, 0) is 0 Å². The molecule has 0 heterocycles. The van der Waals surface area contributed by atoms with E-state index in [0.717, 1.165) is 11.1 Å². The van der Waals surface area contributed by atoms with Gasteiger partial charge in [-0.1, -0.05) is 36.0 Å². The van der Waals surface area contributed by atoms with Crippen LogP contribution in [0.3, 0.4) is 0 Å². The molecule has 0 fully saturated rings. The van der Waals surface area contributed by atoms with Crippen LogP contribution in [-0.4, -0.2) is 12.4 Å². The first-order valence-electron chi connectivity index (χ1n) is 6.09. The molecule has 0 amide bonds. The summed E-state index contributed by atoms with van der Waals surface area (Å²) in [5, 5.41) is 0. The molecule has 0 aromatic carbocycles. The fraction of sp³-hybridized carbons (Fsp3) is 0.429. The summed E-state index contributed by atoms with van der Waals surface area (Å²) in [4.78, 5) is 0. The molecular formula is C14H12F6. The standard InChI is InChI=1S/C14H12F6/c15-13(16,17)12(14(18,19)20)7-5-9-4-6-10-2-1-3-11(10)8-9/h1-4,8,12H,5-7H2. The Labute approximate surface area is 112 Å². The molecule has 0 aromatic heterocycles. The second-order valence-corrected chi connectivity index (χ2v) is 4.81. The largest absolute Gasteiger partial charge is 0.400 e. The number of hydrogen-bond acceptors (Lipinski definition) is 0. The summed E-state index contributed by atoms with van der Waals surface area (Å²) in [5.41, 5.74) is 2.44. The van der Waals surface area contributed by atoms with Crippen LogP contribution in [0.4, 0.5) is 26.3 Å². The third kappa shape index (κ3) is 3.35. The Balaban J connectivity index is 2.03. The third-order valence-electron chi connectivity index (χ3n) is 3.38. The van der Waals surface area contributed by atoms with Crippen molar-refractivity contribution in [1.29, 1.82) is 0 Å². The van der Waals surface area contributed by atoms with Gasteiger partial charge in [0.2, 0.25) is 0 Å². The van der Waals surface area contributed by atoms with Gasteiger partial charge in [-0.2, -0.15) is 26.3 Å². The zero-order chi connectivity index (χ0) is 15.0. The molecule has 0 saturated heterocycles. The number of halogens is 6. The van der Waals surface area contributed by atoms with Crippen molar-refractivity contribution in [2.45, 2.75) is 31.6 Å². The number of alkyl halides is 6. The SMILES string of the molecule is FC(F)(F)C(CCC1=CCC2=CC=CC2=C1)C(F)(F)F. The van der Waals surface area contributed by atoms with Crippen LogP contribution in [0.2, 0.25) is 0 Å². The molecule has 110 valence electrons. The van der Waals surface area contributed by atoms with Crippen molar-refractivity contribution in [3.05, 3.63) is 47.1 Å². The van der Waals surface area contributed by atoms with E-state index in [9.17, 15) is 26.3 Å². The maximum atomic E-state index is 12.4. The molecule has 2 aliphatic rings. The summed E-state index contributed by atoms with van der Waals surface area (Å²) in [6.45, 7) is 0. The number of allylic oxidation sites excluding steroid dienone is 8. The zero-order valence-corrected chi connectivity index (χ0v) is 10.4. The van der Waals surface area contributed by atoms with Gasteiger partial charge < -0.3 is 0 Å². The number of hydrogen-bond donors (Lipinski definition) is 0. The van der Waals surface area contributed by atoms with Crippen molar-refractivity contribution in [3.8, 4) is 0 Å². The van der Waals surface area contributed by atoms with Gasteiger partial charge in [0.05, 0.1) is 0 Å². The molecule has 20 heavy (non-hydrogen) atoms. The average molecular weight is 294 g/mol. The first kappa shape index (κ1) is 14.9. The van der Waals surface area contributed by atoms with Gasteiger partial charge in [0.25, 0.3) is 0 Å². The van der Waals surface area contributed by atoms with Crippen LogP contribution in [0.25, 0.3) is 0 Å². The Bertz CT molecular complexity index is 485. The molecule has 0 aliphatic heterocycles. The predicted molar refractivity (Wildman–Crippen MR) is 62.8 cm³/mol. The second-order valence-electron chi connectivity index (χ2n) is 4.81. The van der Waals surface area contributed by atoms with Gasteiger partial charge in [-0.15, -0.1) is 0 Å². The van der Waals surface area contributed by atoms with E-state index in [2.05, 4.69) is 0 Å². The molecule has 0 unspecified atom stereocenters. The Morgan fingerprint density at radius 1 is 1.05 bits per heavy atom. The Hall–Kier alpha value is -1.46. The maximum Gasteiger partial charge on any atom is 0.400 e. The smallest absolute Gasteiger partial charge is 0.170 e. The van der Waals surface area contributed by atoms with E-state index in [4.69, 9.17) is 0 Å². The minimum Gasteiger partial charge on any atom is -0.170 e. The lowest BCUT2D eigenvalue weighted by Crippen LogP contribution is -2.36. The lowest BCUT2D eigenvalue weighted by molar-refractivity contribution is -0.285. The molecule has 0 radical (unpaired) electrons. The van der Waals surface area contributed by atoms with Crippen LogP contribution in [0, 0.1) is 5.92 Å². The normalized spacial score (nSPS) is 18.9. The van der Waals surface area contributed by atoms with E-state index >= 15 is 0 Å². The van der Waals surface area contributed by atoms with Crippen LogP contribution >= 0.6 is 0 Å². The summed E-state index contributed by atoms with van der Waals surface area (Å²) in [5.74, 6) is -3.26. The van der Waals surface area contributed by atoms with Crippen LogP contribution in [0.1, 0.15) is 19.3 Å².